The molecule has 0 saturated heterocycles. The number of amidine groups is 1. The average molecular weight is 388 g/mol. The van der Waals surface area contributed by atoms with Crippen LogP contribution in [0.3, 0.4) is 0 Å². The second-order valence-electron chi connectivity index (χ2n) is 5.90. The molecule has 8 heteroatoms. The maximum absolute atomic E-state index is 12.3. The van der Waals surface area contributed by atoms with Crippen molar-refractivity contribution in [3.05, 3.63) is 59.7 Å². The molecule has 7 nitrogen and oxygen atoms in total. The minimum atomic E-state index is -3.64. The summed E-state index contributed by atoms with van der Waals surface area (Å²) in [7, 11) is -3.64. The molecule has 27 heavy (non-hydrogen) atoms. The van der Waals surface area contributed by atoms with Gasteiger partial charge in [0.25, 0.3) is 10.0 Å². The van der Waals surface area contributed by atoms with Crippen LogP contribution in [0, 0.1) is 0 Å². The third-order valence-electron chi connectivity index (χ3n) is 3.97. The average Bonchev–Trinajstić information content (AvgIpc) is 2.91. The second-order valence-corrected chi connectivity index (χ2v) is 7.55. The van der Waals surface area contributed by atoms with E-state index in [2.05, 4.69) is 9.71 Å². The van der Waals surface area contributed by atoms with Gasteiger partial charge in [0.2, 0.25) is 0 Å². The second kappa shape index (κ2) is 7.79. The number of para-hydroxylation sites is 1. The number of carbonyl (C=O) groups is 1. The first-order chi connectivity index (χ1) is 12.9. The van der Waals surface area contributed by atoms with Crippen LogP contribution in [0.25, 0.3) is 0 Å². The SMILES string of the molecule is CCOc1ccccc1COC(=O)C(C)N=C1NS(=O)(=O)c2ccccc21. The van der Waals surface area contributed by atoms with Gasteiger partial charge in [-0.05, 0) is 32.0 Å². The first kappa shape index (κ1) is 18.9. The number of nitrogens with one attached hydrogen (secondary N) is 1. The molecule has 0 saturated carbocycles. The highest BCUT2D eigenvalue weighted by molar-refractivity contribution is 7.90. The molecule has 1 aliphatic rings. The Morgan fingerprint density at radius 1 is 1.15 bits per heavy atom. The fourth-order valence-electron chi connectivity index (χ4n) is 2.66. The molecule has 0 aliphatic carbocycles. The van der Waals surface area contributed by atoms with Gasteiger partial charge in [0, 0.05) is 11.1 Å². The molecule has 0 bridgehead atoms. The number of benzene rings is 2. The van der Waals surface area contributed by atoms with Gasteiger partial charge < -0.3 is 9.47 Å². The molecule has 0 spiro atoms. The summed E-state index contributed by atoms with van der Waals surface area (Å²) in [5.41, 5.74) is 1.19. The van der Waals surface area contributed by atoms with E-state index in [0.717, 1.165) is 5.56 Å². The van der Waals surface area contributed by atoms with E-state index in [9.17, 15) is 13.2 Å². The number of carbonyl (C=O) groups excluding carboxylic acids is 1. The van der Waals surface area contributed by atoms with E-state index in [1.165, 1.54) is 6.07 Å². The van der Waals surface area contributed by atoms with Crippen LogP contribution < -0.4 is 9.46 Å². The molecule has 1 unspecified atom stereocenters. The highest BCUT2D eigenvalue weighted by Crippen LogP contribution is 2.23. The van der Waals surface area contributed by atoms with Crippen LogP contribution in [-0.4, -0.2) is 32.9 Å². The summed E-state index contributed by atoms with van der Waals surface area (Å²) in [6, 6.07) is 12.9. The van der Waals surface area contributed by atoms with Crippen LogP contribution in [0.2, 0.25) is 0 Å². The number of rotatable bonds is 6. The first-order valence-corrected chi connectivity index (χ1v) is 9.98. The molecule has 1 atom stereocenters. The van der Waals surface area contributed by atoms with Crippen molar-refractivity contribution in [3.8, 4) is 5.75 Å². The van der Waals surface area contributed by atoms with Crippen molar-refractivity contribution in [2.45, 2.75) is 31.4 Å². The predicted molar refractivity (Wildman–Crippen MR) is 100 cm³/mol. The lowest BCUT2D eigenvalue weighted by atomic mass is 10.2. The monoisotopic (exact) mass is 388 g/mol. The van der Waals surface area contributed by atoms with Gasteiger partial charge >= 0.3 is 5.97 Å². The summed E-state index contributed by atoms with van der Waals surface area (Å²) in [5, 5.41) is 0. The maximum atomic E-state index is 12.3. The summed E-state index contributed by atoms with van der Waals surface area (Å²) in [4.78, 5) is 16.7. The van der Waals surface area contributed by atoms with Crippen LogP contribution in [0.15, 0.2) is 58.4 Å². The predicted octanol–water partition coefficient (Wildman–Crippen LogP) is 2.26. The summed E-state index contributed by atoms with van der Waals surface area (Å²) >= 11 is 0. The van der Waals surface area contributed by atoms with E-state index in [1.807, 2.05) is 25.1 Å². The number of fused-ring (bicyclic) bond motifs is 1. The molecule has 142 valence electrons. The third-order valence-corrected chi connectivity index (χ3v) is 5.37. The van der Waals surface area contributed by atoms with Crippen molar-refractivity contribution in [1.29, 1.82) is 0 Å². The van der Waals surface area contributed by atoms with E-state index in [4.69, 9.17) is 9.47 Å². The molecular weight excluding hydrogens is 368 g/mol. The molecule has 3 rings (SSSR count). The van der Waals surface area contributed by atoms with E-state index in [1.54, 1.807) is 31.2 Å². The van der Waals surface area contributed by atoms with Crippen molar-refractivity contribution in [3.63, 3.8) is 0 Å². The van der Waals surface area contributed by atoms with Gasteiger partial charge in [-0.15, -0.1) is 0 Å². The summed E-state index contributed by atoms with van der Waals surface area (Å²) in [5.74, 6) is 0.242. The van der Waals surface area contributed by atoms with Crippen molar-refractivity contribution in [2.75, 3.05) is 6.61 Å². The van der Waals surface area contributed by atoms with Crippen molar-refractivity contribution in [2.24, 2.45) is 4.99 Å². The Kier molecular flexibility index (Phi) is 5.46. The van der Waals surface area contributed by atoms with Gasteiger partial charge in [-0.2, -0.15) is 0 Å². The number of aliphatic imine (C=N–C) groups is 1. The summed E-state index contributed by atoms with van der Waals surface area (Å²) in [6.07, 6.45) is 0. The van der Waals surface area contributed by atoms with E-state index in [-0.39, 0.29) is 17.3 Å². The number of ether oxygens (including phenoxy) is 2. The van der Waals surface area contributed by atoms with Crippen molar-refractivity contribution < 1.29 is 22.7 Å². The van der Waals surface area contributed by atoms with Gasteiger partial charge in [-0.25, -0.2) is 13.2 Å². The molecule has 2 aromatic carbocycles. The lowest BCUT2D eigenvalue weighted by molar-refractivity contribution is -0.146. The standard InChI is InChI=1S/C19H20N2O5S/c1-3-25-16-10-6-4-8-14(16)12-26-19(22)13(2)20-18-15-9-5-7-11-17(15)27(23,24)21-18/h4-11,13H,3,12H2,1-2H3,(H,20,21). The molecule has 0 amide bonds. The fourth-order valence-corrected chi connectivity index (χ4v) is 3.90. The van der Waals surface area contributed by atoms with Crippen LogP contribution in [-0.2, 0) is 26.2 Å². The lowest BCUT2D eigenvalue weighted by Crippen LogP contribution is -2.26. The largest absolute Gasteiger partial charge is 0.493 e. The Bertz CT molecular complexity index is 985. The Morgan fingerprint density at radius 2 is 1.85 bits per heavy atom. The zero-order valence-corrected chi connectivity index (χ0v) is 15.8. The van der Waals surface area contributed by atoms with Gasteiger partial charge in [-0.1, -0.05) is 30.3 Å². The normalized spacial score (nSPS) is 17.0. The quantitative estimate of drug-likeness (QED) is 0.766. The Hall–Kier alpha value is -2.87. The lowest BCUT2D eigenvalue weighted by Gasteiger charge is -2.12. The molecule has 2 aromatic rings. The first-order valence-electron chi connectivity index (χ1n) is 8.49. The molecule has 1 N–H and O–H groups in total. The summed E-state index contributed by atoms with van der Waals surface area (Å²) in [6.45, 7) is 3.99. The topological polar surface area (TPSA) is 94.1 Å². The zero-order chi connectivity index (χ0) is 19.4. The van der Waals surface area contributed by atoms with Crippen LogP contribution in [0.4, 0.5) is 0 Å². The Morgan fingerprint density at radius 3 is 2.63 bits per heavy atom. The fraction of sp³-hybridized carbons (Fsp3) is 0.263. The Labute approximate surface area is 158 Å². The summed E-state index contributed by atoms with van der Waals surface area (Å²) < 4.78 is 37.4. The number of nitrogens with zero attached hydrogens (tertiary/aromatic N) is 1. The van der Waals surface area contributed by atoms with Gasteiger partial charge in [-0.3, -0.25) is 9.71 Å². The van der Waals surface area contributed by atoms with E-state index >= 15 is 0 Å². The smallest absolute Gasteiger partial charge is 0.330 e. The Balaban J connectivity index is 1.71. The van der Waals surface area contributed by atoms with E-state index in [0.29, 0.717) is 17.9 Å². The van der Waals surface area contributed by atoms with Gasteiger partial charge in [0.15, 0.2) is 0 Å². The van der Waals surface area contributed by atoms with Crippen LogP contribution >= 0.6 is 0 Å². The van der Waals surface area contributed by atoms with Gasteiger partial charge in [0.05, 0.1) is 11.5 Å². The maximum Gasteiger partial charge on any atom is 0.330 e. The number of hydrogen-bond acceptors (Lipinski definition) is 6. The minimum absolute atomic E-state index is 0.0481. The number of esters is 1. The van der Waals surface area contributed by atoms with Crippen LogP contribution in [0.5, 0.6) is 5.75 Å². The zero-order valence-electron chi connectivity index (χ0n) is 15.0. The molecule has 1 heterocycles. The van der Waals surface area contributed by atoms with Crippen molar-refractivity contribution >= 4 is 21.8 Å². The molecule has 1 aliphatic heterocycles. The van der Waals surface area contributed by atoms with E-state index < -0.39 is 22.0 Å². The van der Waals surface area contributed by atoms with Gasteiger partial charge in [0.1, 0.15) is 24.2 Å². The highest BCUT2D eigenvalue weighted by Gasteiger charge is 2.31. The number of sulfonamides is 1. The van der Waals surface area contributed by atoms with Crippen molar-refractivity contribution in [1.82, 2.24) is 4.72 Å². The third kappa shape index (κ3) is 4.11. The number of hydrogen-bond donors (Lipinski definition) is 1. The molecule has 0 fully saturated rings. The molecule has 0 aromatic heterocycles. The molecule has 0 radical (unpaired) electrons. The molecular formula is C19H20N2O5S. The minimum Gasteiger partial charge on any atom is -0.493 e. The van der Waals surface area contributed by atoms with Crippen LogP contribution in [0.1, 0.15) is 25.0 Å². The highest BCUT2D eigenvalue weighted by atomic mass is 32.2.